The van der Waals surface area contributed by atoms with Gasteiger partial charge in [-0.2, -0.15) is 4.57 Å². The summed E-state index contributed by atoms with van der Waals surface area (Å²) < 4.78 is 1.64. The molecule has 0 atom stereocenters. The van der Waals surface area contributed by atoms with Crippen LogP contribution >= 0.6 is 0 Å². The number of hydrogen-bond acceptors (Lipinski definition) is 2. The zero-order valence-electron chi connectivity index (χ0n) is 12.6. The van der Waals surface area contributed by atoms with Crippen LogP contribution in [0.2, 0.25) is 0 Å². The second-order valence-electron chi connectivity index (χ2n) is 5.51. The Morgan fingerprint density at radius 2 is 1.96 bits per heavy atom. The van der Waals surface area contributed by atoms with Crippen LogP contribution in [0.4, 0.5) is 5.69 Å². The summed E-state index contributed by atoms with van der Waals surface area (Å²) in [5.74, 6) is -0.641. The molecule has 1 aliphatic carbocycles. The van der Waals surface area contributed by atoms with E-state index in [1.165, 1.54) is 17.5 Å². The summed E-state index contributed by atoms with van der Waals surface area (Å²) in [6.07, 6.45) is 6.69. The van der Waals surface area contributed by atoms with Crippen molar-refractivity contribution in [2.75, 3.05) is 5.32 Å². The molecule has 1 aromatic heterocycles. The number of halogens is 1. The van der Waals surface area contributed by atoms with Crippen molar-refractivity contribution in [3.8, 4) is 0 Å². The Kier molecular flexibility index (Phi) is 5.34. The minimum atomic E-state index is -0.506. The minimum Gasteiger partial charge on any atom is -1.00 e. The van der Waals surface area contributed by atoms with Gasteiger partial charge in [0, 0.05) is 11.8 Å². The third-order valence-corrected chi connectivity index (χ3v) is 3.85. The first-order valence-corrected chi connectivity index (χ1v) is 7.32. The Morgan fingerprint density at radius 3 is 2.74 bits per heavy atom. The second kappa shape index (κ2) is 7.24. The Labute approximate surface area is 140 Å². The molecule has 23 heavy (non-hydrogen) atoms. The monoisotopic (exact) mass is 331 g/mol. The topological polar surface area (TPSA) is 76.1 Å². The normalized spacial score (nSPS) is 12.2. The van der Waals surface area contributed by atoms with E-state index in [9.17, 15) is 9.59 Å². The van der Waals surface area contributed by atoms with E-state index in [1.807, 2.05) is 12.1 Å². The van der Waals surface area contributed by atoms with Crippen molar-refractivity contribution < 1.29 is 26.6 Å². The van der Waals surface area contributed by atoms with Crippen molar-refractivity contribution >= 4 is 17.5 Å². The average Bonchev–Trinajstić information content (AvgIpc) is 2.95. The smallest absolute Gasteiger partial charge is 0.290 e. The van der Waals surface area contributed by atoms with Crippen LogP contribution in [0.3, 0.4) is 0 Å². The molecule has 3 N–H and O–H groups in total. The first-order valence-electron chi connectivity index (χ1n) is 7.32. The number of nitrogens with two attached hydrogens (primary N) is 1. The van der Waals surface area contributed by atoms with Crippen LogP contribution in [0.1, 0.15) is 27.9 Å². The van der Waals surface area contributed by atoms with Gasteiger partial charge in [0.25, 0.3) is 11.8 Å². The van der Waals surface area contributed by atoms with Gasteiger partial charge >= 0.3 is 0 Å². The third-order valence-electron chi connectivity index (χ3n) is 3.85. The van der Waals surface area contributed by atoms with Crippen molar-refractivity contribution in [3.05, 3.63) is 59.4 Å². The van der Waals surface area contributed by atoms with Gasteiger partial charge in [-0.1, -0.05) is 6.07 Å². The standard InChI is InChI=1S/C17H17N3O2.ClH/c18-17(22)14-5-2-8-20(10-14)11-16(21)19-15-7-6-12-3-1-4-13(12)9-15;/h2,5-10H,1,3-4,11H2,(H2-,18,19,21,22);1H. The summed E-state index contributed by atoms with van der Waals surface area (Å²) in [7, 11) is 0. The van der Waals surface area contributed by atoms with Gasteiger partial charge in [-0.3, -0.25) is 9.59 Å². The molecule has 3 rings (SSSR count). The molecule has 1 heterocycles. The van der Waals surface area contributed by atoms with E-state index in [4.69, 9.17) is 5.73 Å². The van der Waals surface area contributed by atoms with Gasteiger partial charge in [-0.05, 0) is 48.6 Å². The molecule has 1 aromatic carbocycles. The highest BCUT2D eigenvalue weighted by Crippen LogP contribution is 2.24. The number of amides is 2. The summed E-state index contributed by atoms with van der Waals surface area (Å²) in [6, 6.07) is 9.39. The number of anilines is 1. The fourth-order valence-electron chi connectivity index (χ4n) is 2.78. The Hall–Kier alpha value is -2.40. The molecular weight excluding hydrogens is 314 g/mol. The highest BCUT2D eigenvalue weighted by atomic mass is 35.5. The number of nitrogens with zero attached hydrogens (tertiary/aromatic N) is 1. The molecule has 0 fully saturated rings. The molecule has 2 amide bonds. The highest BCUT2D eigenvalue weighted by Gasteiger charge is 2.14. The highest BCUT2D eigenvalue weighted by molar-refractivity contribution is 5.92. The third kappa shape index (κ3) is 4.07. The van der Waals surface area contributed by atoms with Gasteiger partial charge in [-0.15, -0.1) is 0 Å². The lowest BCUT2D eigenvalue weighted by molar-refractivity contribution is -0.684. The molecule has 6 heteroatoms. The molecule has 5 nitrogen and oxygen atoms in total. The number of hydrogen-bond donors (Lipinski definition) is 2. The van der Waals surface area contributed by atoms with Gasteiger partial charge in [0.1, 0.15) is 5.56 Å². The van der Waals surface area contributed by atoms with Crippen molar-refractivity contribution in [1.82, 2.24) is 0 Å². The van der Waals surface area contributed by atoms with E-state index in [0.29, 0.717) is 5.56 Å². The molecule has 2 aromatic rings. The number of carbonyl (C=O) groups excluding carboxylic acids is 2. The molecule has 120 valence electrons. The lowest BCUT2D eigenvalue weighted by atomic mass is 10.1. The predicted octanol–water partition coefficient (Wildman–Crippen LogP) is -1.80. The number of pyridine rings is 1. The summed E-state index contributed by atoms with van der Waals surface area (Å²) in [5.41, 5.74) is 9.13. The van der Waals surface area contributed by atoms with E-state index in [0.717, 1.165) is 18.5 Å². The van der Waals surface area contributed by atoms with Gasteiger partial charge in [-0.25, -0.2) is 0 Å². The second-order valence-corrected chi connectivity index (χ2v) is 5.51. The predicted molar refractivity (Wildman–Crippen MR) is 82.3 cm³/mol. The van der Waals surface area contributed by atoms with Crippen LogP contribution in [-0.2, 0) is 24.2 Å². The fourth-order valence-corrected chi connectivity index (χ4v) is 2.78. The van der Waals surface area contributed by atoms with Crippen LogP contribution in [0, 0.1) is 0 Å². The van der Waals surface area contributed by atoms with Crippen LogP contribution in [-0.4, -0.2) is 11.8 Å². The summed E-state index contributed by atoms with van der Waals surface area (Å²) >= 11 is 0. The lowest BCUT2D eigenvalue weighted by Crippen LogP contribution is -3.00. The van der Waals surface area contributed by atoms with Gasteiger partial charge in [0.05, 0.1) is 0 Å². The molecule has 0 saturated carbocycles. The van der Waals surface area contributed by atoms with E-state index in [-0.39, 0.29) is 24.9 Å². The summed E-state index contributed by atoms with van der Waals surface area (Å²) in [6.45, 7) is 0.137. The Balaban J connectivity index is 0.00000192. The van der Waals surface area contributed by atoms with Crippen LogP contribution in [0.15, 0.2) is 42.7 Å². The number of rotatable bonds is 4. The molecule has 0 radical (unpaired) electrons. The van der Waals surface area contributed by atoms with Crippen molar-refractivity contribution in [2.24, 2.45) is 5.73 Å². The number of aryl methyl sites for hydroxylation is 2. The number of primary amides is 1. The average molecular weight is 332 g/mol. The van der Waals surface area contributed by atoms with Crippen LogP contribution in [0.25, 0.3) is 0 Å². The van der Waals surface area contributed by atoms with E-state index in [1.54, 1.807) is 29.1 Å². The molecule has 0 aliphatic heterocycles. The molecule has 0 spiro atoms. The first kappa shape index (κ1) is 17.0. The van der Waals surface area contributed by atoms with Crippen LogP contribution < -0.4 is 28.0 Å². The maximum absolute atomic E-state index is 12.1. The van der Waals surface area contributed by atoms with E-state index >= 15 is 0 Å². The molecule has 0 unspecified atom stereocenters. The van der Waals surface area contributed by atoms with Gasteiger partial charge in [0.15, 0.2) is 12.4 Å². The minimum absolute atomic E-state index is 0. The number of fused-ring (bicyclic) bond motifs is 1. The van der Waals surface area contributed by atoms with Crippen molar-refractivity contribution in [2.45, 2.75) is 25.8 Å². The Morgan fingerprint density at radius 1 is 1.17 bits per heavy atom. The zero-order chi connectivity index (χ0) is 15.5. The maximum atomic E-state index is 12.1. The lowest BCUT2D eigenvalue weighted by Gasteiger charge is -2.06. The molecule has 1 aliphatic rings. The first-order chi connectivity index (χ1) is 10.6. The van der Waals surface area contributed by atoms with E-state index in [2.05, 4.69) is 11.4 Å². The van der Waals surface area contributed by atoms with Crippen molar-refractivity contribution in [3.63, 3.8) is 0 Å². The number of carbonyl (C=O) groups is 2. The zero-order valence-corrected chi connectivity index (χ0v) is 13.3. The quantitative estimate of drug-likeness (QED) is 0.649. The Bertz CT molecular complexity index is 746. The largest absolute Gasteiger partial charge is 1.00 e. The summed E-state index contributed by atoms with van der Waals surface area (Å²) in [5, 5.41) is 2.89. The number of benzene rings is 1. The molecule has 0 bridgehead atoms. The summed E-state index contributed by atoms with van der Waals surface area (Å²) in [4.78, 5) is 23.3. The van der Waals surface area contributed by atoms with E-state index < -0.39 is 5.91 Å². The van der Waals surface area contributed by atoms with Gasteiger partial charge in [0.2, 0.25) is 6.54 Å². The maximum Gasteiger partial charge on any atom is 0.290 e. The SMILES string of the molecule is NC(=O)c1ccc[n+](CC(=O)Nc2ccc3c(c2)CCC3)c1.[Cl-]. The molecule has 0 saturated heterocycles. The number of aromatic nitrogens is 1. The van der Waals surface area contributed by atoms with Gasteiger partial charge < -0.3 is 23.5 Å². The molecular formula is C17H18ClN3O2. The van der Waals surface area contributed by atoms with Crippen LogP contribution in [0.5, 0.6) is 0 Å². The van der Waals surface area contributed by atoms with Crippen molar-refractivity contribution in [1.29, 1.82) is 0 Å². The fraction of sp³-hybridized carbons (Fsp3) is 0.235. The number of nitrogens with one attached hydrogen (secondary N) is 1.